The molecule has 3 saturated heterocycles. The number of rotatable bonds is 11. The van der Waals surface area contributed by atoms with Crippen LogP contribution in [0.1, 0.15) is 0 Å². The summed E-state index contributed by atoms with van der Waals surface area (Å²) in [4.78, 5) is 39.6. The van der Waals surface area contributed by atoms with Crippen LogP contribution in [0, 0.1) is 53.6 Å². The van der Waals surface area contributed by atoms with Gasteiger partial charge < -0.3 is 30.4 Å². The number of piperazine rings is 3. The number of nitrogens with one attached hydrogen (secondary N) is 1. The molecule has 58 heavy (non-hydrogen) atoms. The van der Waals surface area contributed by atoms with Gasteiger partial charge in [-0.05, 0) is 18.2 Å². The molecule has 3 aromatic rings. The second-order valence-corrected chi connectivity index (χ2v) is 13.1. The lowest BCUT2D eigenvalue weighted by atomic mass is 10.2. The fourth-order valence-electron chi connectivity index (χ4n) is 6.18. The highest BCUT2D eigenvalue weighted by Gasteiger charge is 2.24. The summed E-state index contributed by atoms with van der Waals surface area (Å²) in [5.41, 5.74) is -0.300. The predicted octanol–water partition coefficient (Wildman–Crippen LogP) is 2.45. The quantitative estimate of drug-likeness (QED) is 0.124. The van der Waals surface area contributed by atoms with Gasteiger partial charge in [0.2, 0.25) is 11.6 Å². The van der Waals surface area contributed by atoms with Gasteiger partial charge in [-0.3, -0.25) is 45.0 Å². The van der Waals surface area contributed by atoms with Crippen molar-refractivity contribution in [3.05, 3.63) is 108 Å². The minimum atomic E-state index is -1.16. The molecule has 0 radical (unpaired) electrons. The van der Waals surface area contributed by atoms with Crippen molar-refractivity contribution in [2.24, 2.45) is 0 Å². The van der Waals surface area contributed by atoms with Crippen molar-refractivity contribution in [1.82, 2.24) is 20.0 Å². The zero-order chi connectivity index (χ0) is 42.6. The van der Waals surface area contributed by atoms with Crippen LogP contribution in [0.2, 0.25) is 0 Å². The second-order valence-electron chi connectivity index (χ2n) is 13.1. The lowest BCUT2D eigenvalue weighted by molar-refractivity contribution is -0.387. The first kappa shape index (κ1) is 47.3. The van der Waals surface area contributed by atoms with Gasteiger partial charge in [0, 0.05) is 140 Å². The molecule has 0 unspecified atom stereocenters. The Labute approximate surface area is 331 Å². The Morgan fingerprint density at radius 2 is 0.914 bits per heavy atom. The summed E-state index contributed by atoms with van der Waals surface area (Å²) in [5.74, 6) is -3.26. The molecule has 0 saturated carbocycles. The fourth-order valence-corrected chi connectivity index (χ4v) is 6.18. The van der Waals surface area contributed by atoms with E-state index in [1.165, 1.54) is 24.3 Å². The van der Waals surface area contributed by atoms with E-state index in [1.54, 1.807) is 6.07 Å². The Bertz CT molecular complexity index is 1760. The Kier molecular flexibility index (Phi) is 20.1. The summed E-state index contributed by atoms with van der Waals surface area (Å²) in [6.07, 6.45) is 0. The van der Waals surface area contributed by atoms with E-state index in [1.807, 2.05) is 9.80 Å². The number of β-amino-alcohol motifs (C(OH)–C–C–N with tert-alkyl or cyclic N) is 3. The van der Waals surface area contributed by atoms with Gasteiger partial charge in [-0.25, -0.2) is 8.78 Å². The van der Waals surface area contributed by atoms with E-state index in [9.17, 15) is 47.9 Å². The highest BCUT2D eigenvalue weighted by Crippen LogP contribution is 2.30. The molecule has 3 aliphatic rings. The summed E-state index contributed by atoms with van der Waals surface area (Å²) in [5, 5.41) is 61.0. The van der Waals surface area contributed by atoms with E-state index >= 15 is 0 Å². The first-order valence-corrected chi connectivity index (χ1v) is 18.5. The topological polar surface area (TPSA) is 218 Å². The molecule has 0 amide bonds. The number of anilines is 2. The van der Waals surface area contributed by atoms with Gasteiger partial charge in [-0.1, -0.05) is 0 Å². The van der Waals surface area contributed by atoms with E-state index in [0.29, 0.717) is 63.3 Å². The van der Waals surface area contributed by atoms with Crippen LogP contribution in [0.25, 0.3) is 0 Å². The van der Waals surface area contributed by atoms with Gasteiger partial charge in [-0.15, -0.1) is 0 Å². The number of benzene rings is 3. The Morgan fingerprint density at radius 1 is 0.517 bits per heavy atom. The third-order valence-electron chi connectivity index (χ3n) is 9.28. The number of nitro groups is 3. The average molecular weight is 828 g/mol. The fraction of sp³-hybridized carbons (Fsp3) is 0.500. The van der Waals surface area contributed by atoms with Crippen molar-refractivity contribution in [2.75, 3.05) is 128 Å². The monoisotopic (exact) mass is 827 g/mol. The normalized spacial score (nSPS) is 16.2. The van der Waals surface area contributed by atoms with Gasteiger partial charge in [0.1, 0.15) is 17.3 Å². The first-order valence-electron chi connectivity index (χ1n) is 18.5. The summed E-state index contributed by atoms with van der Waals surface area (Å²) in [6, 6.07) is 9.58. The van der Waals surface area contributed by atoms with Crippen molar-refractivity contribution in [3.8, 4) is 0 Å². The van der Waals surface area contributed by atoms with Crippen LogP contribution in [0.3, 0.4) is 0 Å². The molecule has 18 nitrogen and oxygen atoms in total. The molecule has 0 bridgehead atoms. The SMILES string of the molecule is O=[N+]([O-])c1ccc(F)cc1F.O=[N+]([O-])c1ccc(F)cc1N1CCN(CCO)CC1.O=[N+]([O-])c1ccc(N2CCN(CCO)CC2)cc1F.OCCN1CCNCC1. The highest BCUT2D eigenvalue weighted by molar-refractivity contribution is 5.63. The smallest absolute Gasteiger partial charge is 0.304 e. The molecule has 3 fully saturated rings. The molecule has 0 atom stereocenters. The predicted molar refractivity (Wildman–Crippen MR) is 207 cm³/mol. The van der Waals surface area contributed by atoms with Crippen molar-refractivity contribution in [1.29, 1.82) is 0 Å². The van der Waals surface area contributed by atoms with E-state index in [-0.39, 0.29) is 18.9 Å². The molecule has 320 valence electrons. The second kappa shape index (κ2) is 24.6. The van der Waals surface area contributed by atoms with Gasteiger partial charge in [-0.2, -0.15) is 8.78 Å². The molecule has 0 spiro atoms. The third kappa shape index (κ3) is 15.3. The largest absolute Gasteiger partial charge is 0.395 e. The molecule has 4 N–H and O–H groups in total. The minimum Gasteiger partial charge on any atom is -0.395 e. The zero-order valence-electron chi connectivity index (χ0n) is 31.8. The Balaban J connectivity index is 0.000000217. The molecule has 3 aromatic carbocycles. The summed E-state index contributed by atoms with van der Waals surface area (Å²) < 4.78 is 51.4. The Hall–Kier alpha value is -5.10. The van der Waals surface area contributed by atoms with Crippen molar-refractivity contribution >= 4 is 28.4 Å². The molecule has 22 heteroatoms. The van der Waals surface area contributed by atoms with Crippen molar-refractivity contribution < 1.29 is 47.7 Å². The summed E-state index contributed by atoms with van der Waals surface area (Å²) >= 11 is 0. The zero-order valence-corrected chi connectivity index (χ0v) is 31.8. The molecule has 6 rings (SSSR count). The molecule has 0 aromatic heterocycles. The third-order valence-corrected chi connectivity index (χ3v) is 9.28. The lowest BCUT2D eigenvalue weighted by Crippen LogP contribution is -2.47. The molecular weight excluding hydrogens is 778 g/mol. The van der Waals surface area contributed by atoms with Crippen molar-refractivity contribution in [3.63, 3.8) is 0 Å². The number of halogens is 4. The number of aliphatic hydroxyl groups is 3. The maximum absolute atomic E-state index is 13.5. The number of hydrogen-bond donors (Lipinski definition) is 4. The number of hydrogen-bond acceptors (Lipinski definition) is 15. The minimum absolute atomic E-state index is 0.0722. The van der Waals surface area contributed by atoms with Crippen LogP contribution < -0.4 is 15.1 Å². The molecular formula is C36H49F4N9O9. The summed E-state index contributed by atoms with van der Waals surface area (Å²) in [7, 11) is 0. The number of nitro benzene ring substituents is 3. The van der Waals surface area contributed by atoms with Gasteiger partial charge in [0.05, 0.1) is 34.6 Å². The van der Waals surface area contributed by atoms with Crippen LogP contribution in [-0.2, 0) is 0 Å². The van der Waals surface area contributed by atoms with Crippen LogP contribution >= 0.6 is 0 Å². The maximum Gasteiger partial charge on any atom is 0.304 e. The molecule has 3 aliphatic heterocycles. The number of nitrogens with zero attached hydrogens (tertiary/aromatic N) is 8. The summed E-state index contributed by atoms with van der Waals surface area (Å²) in [6.45, 7) is 12.5. The average Bonchev–Trinajstić information content (AvgIpc) is 3.19. The molecule has 3 heterocycles. The van der Waals surface area contributed by atoms with Crippen LogP contribution in [0.5, 0.6) is 0 Å². The van der Waals surface area contributed by atoms with E-state index in [2.05, 4.69) is 20.0 Å². The van der Waals surface area contributed by atoms with E-state index in [0.717, 1.165) is 77.1 Å². The molecule has 0 aliphatic carbocycles. The van der Waals surface area contributed by atoms with Crippen LogP contribution in [0.15, 0.2) is 54.6 Å². The van der Waals surface area contributed by atoms with Crippen LogP contribution in [0.4, 0.5) is 46.0 Å². The van der Waals surface area contributed by atoms with Crippen molar-refractivity contribution in [2.45, 2.75) is 0 Å². The van der Waals surface area contributed by atoms with Gasteiger partial charge in [0.25, 0.3) is 5.69 Å². The first-order chi connectivity index (χ1) is 27.8. The van der Waals surface area contributed by atoms with E-state index < -0.39 is 49.4 Å². The Morgan fingerprint density at radius 3 is 1.34 bits per heavy atom. The number of aliphatic hydroxyl groups excluding tert-OH is 3. The van der Waals surface area contributed by atoms with Gasteiger partial charge in [0.15, 0.2) is 0 Å². The standard InChI is InChI=1S/2C12H16FN3O3.C6H3F2NO2.C6H14N2O/c13-11-9-10(1-2-12(11)16(18)19)15-5-3-14(4-6-15)7-8-17;13-10-1-2-11(16(18)19)12(9-10)15-5-3-14(4-6-15)7-8-17;7-4-1-2-6(9(10)11)5(8)3-4;9-6-5-8-3-1-7-2-4-8/h2*1-2,9,17H,3-8H2;1-3H;7,9H,1-6H2. The van der Waals surface area contributed by atoms with Crippen LogP contribution in [-0.4, -0.2) is 163 Å². The van der Waals surface area contributed by atoms with E-state index in [4.69, 9.17) is 15.3 Å². The highest BCUT2D eigenvalue weighted by atomic mass is 19.1. The lowest BCUT2D eigenvalue weighted by Gasteiger charge is -2.35. The maximum atomic E-state index is 13.5. The van der Waals surface area contributed by atoms with Gasteiger partial charge >= 0.3 is 11.4 Å².